The molecule has 1 aliphatic heterocycles. The highest BCUT2D eigenvalue weighted by atomic mass is 16.5. The van der Waals surface area contributed by atoms with Crippen LogP contribution in [-0.2, 0) is 0 Å². The number of amides is 2. The van der Waals surface area contributed by atoms with Crippen LogP contribution < -0.4 is 20.8 Å². The number of carbonyl (C=O) groups excluding carboxylic acids is 1. The van der Waals surface area contributed by atoms with Crippen LogP contribution in [-0.4, -0.2) is 30.4 Å². The van der Waals surface area contributed by atoms with Crippen molar-refractivity contribution in [3.63, 3.8) is 0 Å². The van der Waals surface area contributed by atoms with Gasteiger partial charge in [0.1, 0.15) is 23.8 Å². The summed E-state index contributed by atoms with van der Waals surface area (Å²) in [4.78, 5) is 18.9. The Bertz CT molecular complexity index is 852. The summed E-state index contributed by atoms with van der Waals surface area (Å²) in [6.45, 7) is 2.62. The molecule has 2 aromatic rings. The zero-order valence-electron chi connectivity index (χ0n) is 14.1. The molecular formula is C19H21N3O3. The summed E-state index contributed by atoms with van der Waals surface area (Å²) >= 11 is 0. The predicted molar refractivity (Wildman–Crippen MR) is 93.1 cm³/mol. The third-order valence-corrected chi connectivity index (χ3v) is 4.04. The Balaban J connectivity index is 1.55. The first kappa shape index (κ1) is 17.3. The molecule has 0 saturated carbocycles. The van der Waals surface area contributed by atoms with Gasteiger partial charge in [0.25, 0.3) is 0 Å². The summed E-state index contributed by atoms with van der Waals surface area (Å²) in [6, 6.07) is 15.0. The molecule has 2 unspecified atom stereocenters. The SMILES string of the molecule is CCC(NCC(O)COc1cccc2c1=NC(=O)N=2)c1ccccc1. The molecule has 1 aliphatic rings. The maximum absolute atomic E-state index is 11.3. The van der Waals surface area contributed by atoms with Crippen molar-refractivity contribution in [2.45, 2.75) is 25.5 Å². The Morgan fingerprint density at radius 2 is 1.92 bits per heavy atom. The average molecular weight is 339 g/mol. The lowest BCUT2D eigenvalue weighted by molar-refractivity contribution is 0.102. The van der Waals surface area contributed by atoms with E-state index in [9.17, 15) is 9.90 Å². The van der Waals surface area contributed by atoms with Crippen LogP contribution in [0.25, 0.3) is 0 Å². The average Bonchev–Trinajstić information content (AvgIpc) is 3.02. The number of rotatable bonds is 8. The van der Waals surface area contributed by atoms with Gasteiger partial charge in [-0.3, -0.25) is 0 Å². The van der Waals surface area contributed by atoms with E-state index in [1.54, 1.807) is 18.2 Å². The molecule has 0 aliphatic carbocycles. The van der Waals surface area contributed by atoms with Crippen LogP contribution in [0.1, 0.15) is 24.9 Å². The van der Waals surface area contributed by atoms with Crippen molar-refractivity contribution >= 4 is 6.03 Å². The summed E-state index contributed by atoms with van der Waals surface area (Å²) in [7, 11) is 0. The molecule has 6 heteroatoms. The van der Waals surface area contributed by atoms with E-state index < -0.39 is 12.1 Å². The zero-order chi connectivity index (χ0) is 17.6. The van der Waals surface area contributed by atoms with Gasteiger partial charge in [-0.25, -0.2) is 4.79 Å². The molecule has 0 saturated heterocycles. The van der Waals surface area contributed by atoms with E-state index in [0.717, 1.165) is 6.42 Å². The van der Waals surface area contributed by atoms with Crippen LogP contribution in [0, 0.1) is 0 Å². The molecule has 0 radical (unpaired) electrons. The van der Waals surface area contributed by atoms with Crippen LogP contribution in [0.4, 0.5) is 4.79 Å². The Hall–Kier alpha value is -2.57. The van der Waals surface area contributed by atoms with Crippen LogP contribution >= 0.6 is 0 Å². The number of benzene rings is 2. The number of carbonyl (C=O) groups is 1. The molecule has 2 N–H and O–H groups in total. The van der Waals surface area contributed by atoms with E-state index in [1.165, 1.54) is 5.56 Å². The van der Waals surface area contributed by atoms with Crippen LogP contribution in [0.3, 0.4) is 0 Å². The maximum Gasteiger partial charge on any atom is 0.368 e. The minimum Gasteiger partial charge on any atom is -0.488 e. The topological polar surface area (TPSA) is 83.3 Å². The van der Waals surface area contributed by atoms with E-state index in [4.69, 9.17) is 4.74 Å². The summed E-state index contributed by atoms with van der Waals surface area (Å²) in [6.07, 6.45) is 0.245. The molecule has 2 amide bonds. The fraction of sp³-hybridized carbons (Fsp3) is 0.316. The molecule has 1 heterocycles. The Labute approximate surface area is 145 Å². The number of hydrogen-bond donors (Lipinski definition) is 2. The van der Waals surface area contributed by atoms with Gasteiger partial charge in [-0.1, -0.05) is 43.3 Å². The number of urea groups is 1. The Kier molecular flexibility index (Phi) is 5.53. The predicted octanol–water partition coefficient (Wildman–Crippen LogP) is 1.54. The molecule has 0 fully saturated rings. The third-order valence-electron chi connectivity index (χ3n) is 4.04. The molecule has 3 rings (SSSR count). The Morgan fingerprint density at radius 3 is 2.68 bits per heavy atom. The molecule has 0 bridgehead atoms. The summed E-state index contributed by atoms with van der Waals surface area (Å²) in [5.41, 5.74) is 1.19. The summed E-state index contributed by atoms with van der Waals surface area (Å²) in [5.74, 6) is 0.459. The third kappa shape index (κ3) is 4.29. The first-order chi connectivity index (χ1) is 12.2. The lowest BCUT2D eigenvalue weighted by Gasteiger charge is -2.20. The van der Waals surface area contributed by atoms with Crippen molar-refractivity contribution in [2.24, 2.45) is 9.98 Å². The van der Waals surface area contributed by atoms with E-state index in [1.807, 2.05) is 18.2 Å². The van der Waals surface area contributed by atoms with Crippen molar-refractivity contribution in [3.8, 4) is 5.75 Å². The first-order valence-corrected chi connectivity index (χ1v) is 8.37. The maximum atomic E-state index is 11.3. The molecule has 2 atom stereocenters. The van der Waals surface area contributed by atoms with Crippen molar-refractivity contribution in [1.82, 2.24) is 5.32 Å². The van der Waals surface area contributed by atoms with Crippen LogP contribution in [0.5, 0.6) is 5.75 Å². The molecule has 6 nitrogen and oxygen atoms in total. The number of hydrogen-bond acceptors (Lipinski definition) is 4. The minimum absolute atomic E-state index is 0.110. The number of nitrogens with zero attached hydrogens (tertiary/aromatic N) is 2. The second-order valence-electron chi connectivity index (χ2n) is 5.87. The highest BCUT2D eigenvalue weighted by Gasteiger charge is 2.14. The van der Waals surface area contributed by atoms with Crippen molar-refractivity contribution in [2.75, 3.05) is 13.2 Å². The van der Waals surface area contributed by atoms with Gasteiger partial charge in [-0.15, -0.1) is 0 Å². The van der Waals surface area contributed by atoms with Gasteiger partial charge in [-0.2, -0.15) is 9.98 Å². The monoisotopic (exact) mass is 339 g/mol. The number of para-hydroxylation sites is 1. The zero-order valence-corrected chi connectivity index (χ0v) is 14.1. The first-order valence-electron chi connectivity index (χ1n) is 8.37. The van der Waals surface area contributed by atoms with Gasteiger partial charge >= 0.3 is 6.03 Å². The quantitative estimate of drug-likeness (QED) is 0.764. The smallest absolute Gasteiger partial charge is 0.368 e. The second-order valence-corrected chi connectivity index (χ2v) is 5.87. The van der Waals surface area contributed by atoms with Crippen molar-refractivity contribution < 1.29 is 14.6 Å². The van der Waals surface area contributed by atoms with E-state index in [0.29, 0.717) is 23.0 Å². The number of aliphatic hydroxyl groups is 1. The van der Waals surface area contributed by atoms with Crippen molar-refractivity contribution in [3.05, 3.63) is 64.8 Å². The largest absolute Gasteiger partial charge is 0.488 e. The molecular weight excluding hydrogens is 318 g/mol. The van der Waals surface area contributed by atoms with Gasteiger partial charge in [0.2, 0.25) is 0 Å². The second kappa shape index (κ2) is 8.00. The number of nitrogens with one attached hydrogen (secondary N) is 1. The van der Waals surface area contributed by atoms with E-state index in [-0.39, 0.29) is 12.6 Å². The van der Waals surface area contributed by atoms with Gasteiger partial charge in [0, 0.05) is 12.6 Å². The summed E-state index contributed by atoms with van der Waals surface area (Å²) in [5, 5.41) is 14.5. The van der Waals surface area contributed by atoms with Crippen LogP contribution in [0.2, 0.25) is 0 Å². The van der Waals surface area contributed by atoms with Crippen molar-refractivity contribution in [1.29, 1.82) is 0 Å². The van der Waals surface area contributed by atoms with Gasteiger partial charge < -0.3 is 15.2 Å². The number of aliphatic hydroxyl groups excluding tert-OH is 1. The molecule has 25 heavy (non-hydrogen) atoms. The molecule has 130 valence electrons. The normalized spacial score (nSPS) is 15.0. The molecule has 0 aromatic heterocycles. The highest BCUT2D eigenvalue weighted by Crippen LogP contribution is 2.15. The van der Waals surface area contributed by atoms with Gasteiger partial charge in [-0.05, 0) is 24.1 Å². The Morgan fingerprint density at radius 1 is 1.12 bits per heavy atom. The van der Waals surface area contributed by atoms with Crippen LogP contribution in [0.15, 0.2) is 58.5 Å². The summed E-state index contributed by atoms with van der Waals surface area (Å²) < 4.78 is 5.63. The fourth-order valence-electron chi connectivity index (χ4n) is 2.76. The van der Waals surface area contributed by atoms with E-state index in [2.05, 4.69) is 34.4 Å². The number of ether oxygens (including phenoxy) is 1. The number of fused-ring (bicyclic) bond motifs is 1. The lowest BCUT2D eigenvalue weighted by atomic mass is 10.0. The van der Waals surface area contributed by atoms with Gasteiger partial charge in [0.15, 0.2) is 0 Å². The highest BCUT2D eigenvalue weighted by molar-refractivity contribution is 5.77. The molecule has 0 spiro atoms. The lowest BCUT2D eigenvalue weighted by Crippen LogP contribution is -2.35. The van der Waals surface area contributed by atoms with Gasteiger partial charge in [0.05, 0.1) is 5.36 Å². The van der Waals surface area contributed by atoms with E-state index >= 15 is 0 Å². The minimum atomic E-state index is -0.678. The standard InChI is InChI=1S/C19H21N3O3/c1-2-15(13-7-4-3-5-8-13)20-11-14(23)12-25-17-10-6-9-16-18(17)22-19(24)21-16/h3-10,14-15,20,23H,2,11-12H2,1H3. The fourth-order valence-corrected chi connectivity index (χ4v) is 2.76. The molecule has 2 aromatic carbocycles.